The van der Waals surface area contributed by atoms with Crippen LogP contribution in [0.25, 0.3) is 0 Å². The summed E-state index contributed by atoms with van der Waals surface area (Å²) in [7, 11) is -4.43. The van der Waals surface area contributed by atoms with Crippen LogP contribution >= 0.6 is 0 Å². The molecular weight excluding hydrogens is 647 g/mol. The normalized spacial score (nSPS) is 13.9. The van der Waals surface area contributed by atoms with Crippen molar-refractivity contribution in [2.45, 2.75) is 244 Å². The van der Waals surface area contributed by atoms with E-state index in [1.807, 2.05) is 0 Å². The molecule has 0 aromatic heterocycles. The van der Waals surface area contributed by atoms with Crippen LogP contribution in [0.5, 0.6) is 0 Å². The van der Waals surface area contributed by atoms with Gasteiger partial charge in [-0.05, 0) is 19.3 Å². The number of hydrogen-bond acceptors (Lipinski definition) is 5. The number of unbranched alkanes of at least 4 members (excludes halogenated alkanes) is 30. The first-order valence-corrected chi connectivity index (χ1v) is 23.1. The number of aliphatic hydroxyl groups is 2. The summed E-state index contributed by atoms with van der Waals surface area (Å²) in [6, 6.07) is -1.23. The van der Waals surface area contributed by atoms with Gasteiger partial charge < -0.3 is 15.5 Å². The summed E-state index contributed by atoms with van der Waals surface area (Å²) in [4.78, 5) is 12.6. The van der Waals surface area contributed by atoms with E-state index in [1.165, 1.54) is 167 Å². The van der Waals surface area contributed by atoms with Crippen molar-refractivity contribution in [2.24, 2.45) is 0 Å². The fourth-order valence-electron chi connectivity index (χ4n) is 6.75. The molecule has 0 aromatic rings. The van der Waals surface area contributed by atoms with Gasteiger partial charge in [0.05, 0.1) is 17.9 Å². The van der Waals surface area contributed by atoms with Crippen molar-refractivity contribution in [3.8, 4) is 0 Å². The van der Waals surface area contributed by atoms with E-state index in [9.17, 15) is 28.0 Å². The minimum absolute atomic E-state index is 0.286. The molecule has 8 heteroatoms. The Morgan fingerprint density at radius 3 is 1.20 bits per heavy atom. The first-order valence-electron chi connectivity index (χ1n) is 21.5. The molecule has 0 heterocycles. The van der Waals surface area contributed by atoms with E-state index in [0.717, 1.165) is 38.5 Å². The number of amides is 1. The molecule has 0 aromatic carbocycles. The van der Waals surface area contributed by atoms with Crippen molar-refractivity contribution in [3.05, 3.63) is 12.2 Å². The Hall–Kier alpha value is -0.960. The Balaban J connectivity index is 3.91. The molecule has 7 nitrogen and oxygen atoms in total. The van der Waals surface area contributed by atoms with Gasteiger partial charge in [0.25, 0.3) is 10.1 Å². The van der Waals surface area contributed by atoms with Crippen molar-refractivity contribution in [1.29, 1.82) is 0 Å². The van der Waals surface area contributed by atoms with Crippen molar-refractivity contribution >= 4 is 16.0 Å². The maximum atomic E-state index is 12.6. The number of aliphatic hydroxyl groups excluding tert-OH is 2. The highest BCUT2D eigenvalue weighted by Gasteiger charge is 2.27. The van der Waals surface area contributed by atoms with Gasteiger partial charge in [-0.3, -0.25) is 9.35 Å². The fraction of sp³-hybridized carbons (Fsp3) is 0.929. The second kappa shape index (κ2) is 36.4. The molecule has 0 radical (unpaired) electrons. The van der Waals surface area contributed by atoms with Crippen molar-refractivity contribution in [3.63, 3.8) is 0 Å². The summed E-state index contributed by atoms with van der Waals surface area (Å²) in [6.07, 6.45) is 41.3. The standard InChI is InChI=1S/C42H83NO6S/c1-3-5-7-9-11-13-15-17-18-19-20-21-22-23-24-25-27-29-31-33-35-37-41(45)42(46)43-39(38-50(47,48)49)40(44)36-34-32-30-28-26-16-14-12-10-8-6-4-2/h34,36,39-41,44-45H,3-33,35,37-38H2,1-2H3,(H,43,46)(H,47,48,49)/b36-34+. The minimum atomic E-state index is -4.43. The molecule has 0 spiro atoms. The zero-order valence-corrected chi connectivity index (χ0v) is 33.7. The van der Waals surface area contributed by atoms with Crippen LogP contribution in [0.2, 0.25) is 0 Å². The lowest BCUT2D eigenvalue weighted by atomic mass is 10.0. The van der Waals surface area contributed by atoms with E-state index in [1.54, 1.807) is 6.08 Å². The summed E-state index contributed by atoms with van der Waals surface area (Å²) in [5.74, 6) is -1.52. The van der Waals surface area contributed by atoms with E-state index in [0.29, 0.717) is 6.42 Å². The lowest BCUT2D eigenvalue weighted by molar-refractivity contribution is -0.130. The van der Waals surface area contributed by atoms with E-state index in [4.69, 9.17) is 0 Å². The molecule has 1 amide bonds. The summed E-state index contributed by atoms with van der Waals surface area (Å²) in [6.45, 7) is 4.51. The lowest BCUT2D eigenvalue weighted by Gasteiger charge is -2.22. The number of hydrogen-bond donors (Lipinski definition) is 4. The fourth-order valence-corrected chi connectivity index (χ4v) is 7.49. The maximum Gasteiger partial charge on any atom is 0.267 e. The van der Waals surface area contributed by atoms with Gasteiger partial charge in [0.1, 0.15) is 6.10 Å². The topological polar surface area (TPSA) is 124 Å². The van der Waals surface area contributed by atoms with Crippen LogP contribution in [-0.4, -0.2) is 53.1 Å². The second-order valence-electron chi connectivity index (χ2n) is 15.1. The average molecular weight is 730 g/mol. The minimum Gasteiger partial charge on any atom is -0.387 e. The number of carbonyl (C=O) groups excluding carboxylic acids is 1. The molecule has 0 fully saturated rings. The van der Waals surface area contributed by atoms with E-state index in [-0.39, 0.29) is 6.42 Å². The van der Waals surface area contributed by atoms with Crippen LogP contribution in [0.3, 0.4) is 0 Å². The van der Waals surface area contributed by atoms with E-state index < -0.39 is 40.0 Å². The van der Waals surface area contributed by atoms with Crippen LogP contribution in [0.1, 0.15) is 226 Å². The molecule has 0 saturated heterocycles. The zero-order chi connectivity index (χ0) is 37.0. The molecule has 3 atom stereocenters. The summed E-state index contributed by atoms with van der Waals surface area (Å²) < 4.78 is 32.5. The highest BCUT2D eigenvalue weighted by molar-refractivity contribution is 7.85. The quantitative estimate of drug-likeness (QED) is 0.0284. The number of allylic oxidation sites excluding steroid dienone is 1. The van der Waals surface area contributed by atoms with E-state index in [2.05, 4.69) is 19.2 Å². The number of rotatable bonds is 39. The van der Waals surface area contributed by atoms with Gasteiger partial charge in [0.2, 0.25) is 5.91 Å². The Kier molecular flexibility index (Phi) is 35.7. The highest BCUT2D eigenvalue weighted by Crippen LogP contribution is 2.16. The average Bonchev–Trinajstić information content (AvgIpc) is 3.08. The largest absolute Gasteiger partial charge is 0.387 e. The SMILES string of the molecule is CCCCCCCCCCCC/C=C/C(O)C(CS(=O)(=O)O)NC(=O)C(O)CCCCCCCCCCCCCCCCCCCCCCC. The van der Waals surface area contributed by atoms with Crippen LogP contribution in [0, 0.1) is 0 Å². The first-order chi connectivity index (χ1) is 24.2. The molecule has 0 saturated carbocycles. The lowest BCUT2D eigenvalue weighted by Crippen LogP contribution is -2.50. The smallest absolute Gasteiger partial charge is 0.267 e. The van der Waals surface area contributed by atoms with Gasteiger partial charge in [-0.1, -0.05) is 219 Å². The molecule has 50 heavy (non-hydrogen) atoms. The van der Waals surface area contributed by atoms with Crippen molar-refractivity contribution in [1.82, 2.24) is 5.32 Å². The molecule has 0 aliphatic carbocycles. The third-order valence-corrected chi connectivity index (χ3v) is 10.9. The molecule has 0 aliphatic heterocycles. The van der Waals surface area contributed by atoms with Gasteiger partial charge in [0.15, 0.2) is 0 Å². The van der Waals surface area contributed by atoms with Crippen LogP contribution < -0.4 is 5.32 Å². The predicted molar refractivity (Wildman–Crippen MR) is 213 cm³/mol. The van der Waals surface area contributed by atoms with Crippen LogP contribution in [-0.2, 0) is 14.9 Å². The van der Waals surface area contributed by atoms with Gasteiger partial charge in [-0.2, -0.15) is 8.42 Å². The monoisotopic (exact) mass is 730 g/mol. The third-order valence-electron chi connectivity index (χ3n) is 10.1. The molecule has 0 bridgehead atoms. The number of nitrogens with one attached hydrogen (secondary N) is 1. The molecule has 0 aliphatic rings. The summed E-state index contributed by atoms with van der Waals surface area (Å²) in [5, 5.41) is 23.4. The maximum absolute atomic E-state index is 12.6. The Labute approximate surface area is 310 Å². The molecule has 4 N–H and O–H groups in total. The van der Waals surface area contributed by atoms with Crippen LogP contribution in [0.15, 0.2) is 12.2 Å². The summed E-state index contributed by atoms with van der Waals surface area (Å²) >= 11 is 0. The first kappa shape index (κ1) is 49.0. The molecular formula is C42H83NO6S. The highest BCUT2D eigenvalue weighted by atomic mass is 32.2. The van der Waals surface area contributed by atoms with Gasteiger partial charge in [-0.25, -0.2) is 0 Å². The Morgan fingerprint density at radius 2 is 0.860 bits per heavy atom. The summed E-state index contributed by atoms with van der Waals surface area (Å²) in [5.41, 5.74) is 0. The van der Waals surface area contributed by atoms with Crippen molar-refractivity contribution in [2.75, 3.05) is 5.75 Å². The Bertz CT molecular complexity index is 864. The van der Waals surface area contributed by atoms with Gasteiger partial charge >= 0.3 is 0 Å². The zero-order valence-electron chi connectivity index (χ0n) is 32.9. The molecule has 0 rings (SSSR count). The predicted octanol–water partition coefficient (Wildman–Crippen LogP) is 11.6. The second-order valence-corrected chi connectivity index (χ2v) is 16.6. The van der Waals surface area contributed by atoms with Gasteiger partial charge in [-0.15, -0.1) is 0 Å². The third kappa shape index (κ3) is 35.4. The molecule has 298 valence electrons. The van der Waals surface area contributed by atoms with Gasteiger partial charge in [0, 0.05) is 0 Å². The van der Waals surface area contributed by atoms with Crippen molar-refractivity contribution < 1.29 is 28.0 Å². The Morgan fingerprint density at radius 1 is 0.540 bits per heavy atom. The van der Waals surface area contributed by atoms with E-state index >= 15 is 0 Å². The number of carbonyl (C=O) groups is 1. The van der Waals surface area contributed by atoms with Crippen LogP contribution in [0.4, 0.5) is 0 Å². The molecule has 3 unspecified atom stereocenters.